The van der Waals surface area contributed by atoms with Gasteiger partial charge in [0, 0.05) is 11.6 Å². The monoisotopic (exact) mass is 425 g/mol. The average Bonchev–Trinajstić information content (AvgIpc) is 3.13. The summed E-state index contributed by atoms with van der Waals surface area (Å²) in [6.07, 6.45) is 1.08. The van der Waals surface area contributed by atoms with E-state index in [9.17, 15) is 4.79 Å². The first kappa shape index (κ1) is 21.8. The van der Waals surface area contributed by atoms with E-state index in [1.807, 2.05) is 55.5 Å². The van der Waals surface area contributed by atoms with Crippen LogP contribution in [-0.2, 0) is 17.8 Å². The van der Waals surface area contributed by atoms with E-state index in [1.54, 1.807) is 0 Å². The fraction of sp³-hybridized carbons (Fsp3) is 0.286. The molecule has 1 N–H and O–H groups in total. The van der Waals surface area contributed by atoms with Gasteiger partial charge < -0.3 is 9.88 Å². The zero-order chi connectivity index (χ0) is 22.7. The van der Waals surface area contributed by atoms with Crippen LogP contribution in [0.3, 0.4) is 0 Å². The highest BCUT2D eigenvalue weighted by molar-refractivity contribution is 5.92. The highest BCUT2D eigenvalue weighted by Gasteiger charge is 2.20. The molecule has 4 rings (SSSR count). The van der Waals surface area contributed by atoms with E-state index in [0.29, 0.717) is 5.92 Å². The van der Waals surface area contributed by atoms with Gasteiger partial charge in [0.15, 0.2) is 0 Å². The van der Waals surface area contributed by atoms with Crippen LogP contribution in [0.5, 0.6) is 0 Å². The maximum absolute atomic E-state index is 13.0. The maximum atomic E-state index is 13.0. The van der Waals surface area contributed by atoms with Gasteiger partial charge in [-0.1, -0.05) is 75.4 Å². The molecule has 0 aliphatic rings. The third-order valence-corrected chi connectivity index (χ3v) is 5.92. The van der Waals surface area contributed by atoms with E-state index in [1.165, 1.54) is 11.1 Å². The van der Waals surface area contributed by atoms with Gasteiger partial charge in [-0.05, 0) is 54.2 Å². The number of anilines is 1. The van der Waals surface area contributed by atoms with E-state index < -0.39 is 0 Å². The van der Waals surface area contributed by atoms with Gasteiger partial charge in [0.1, 0.15) is 12.4 Å². The highest BCUT2D eigenvalue weighted by atomic mass is 16.1. The van der Waals surface area contributed by atoms with Gasteiger partial charge in [-0.25, -0.2) is 4.98 Å². The van der Waals surface area contributed by atoms with Gasteiger partial charge in [-0.3, -0.25) is 4.79 Å². The number of amides is 1. The Balaban J connectivity index is 1.64. The zero-order valence-electron chi connectivity index (χ0n) is 19.3. The standard InChI is InChI=1S/C28H31N3O/c1-19(2)17-22-13-15-23(16-14-22)21(4)28-30-25-11-7-8-12-26(25)31(28)18-27(32)29-24-10-6-5-9-20(24)3/h5-16,19,21H,17-18H2,1-4H3,(H,29,32). The summed E-state index contributed by atoms with van der Waals surface area (Å²) >= 11 is 0. The number of benzene rings is 3. The number of rotatable bonds is 7. The van der Waals surface area contributed by atoms with E-state index in [0.717, 1.165) is 34.5 Å². The van der Waals surface area contributed by atoms with Crippen LogP contribution >= 0.6 is 0 Å². The van der Waals surface area contributed by atoms with E-state index in [-0.39, 0.29) is 18.4 Å². The molecule has 1 unspecified atom stereocenters. The second-order valence-corrected chi connectivity index (χ2v) is 8.97. The van der Waals surface area contributed by atoms with Crippen molar-refractivity contribution in [2.45, 2.75) is 46.6 Å². The summed E-state index contributed by atoms with van der Waals surface area (Å²) in [6, 6.07) is 24.7. The minimum absolute atomic E-state index is 0.0526. The molecule has 0 aliphatic carbocycles. The summed E-state index contributed by atoms with van der Waals surface area (Å²) in [7, 11) is 0. The number of hydrogen-bond acceptors (Lipinski definition) is 2. The van der Waals surface area contributed by atoms with Crippen molar-refractivity contribution >= 4 is 22.6 Å². The zero-order valence-corrected chi connectivity index (χ0v) is 19.3. The van der Waals surface area contributed by atoms with Crippen molar-refractivity contribution in [2.75, 3.05) is 5.32 Å². The van der Waals surface area contributed by atoms with E-state index >= 15 is 0 Å². The molecule has 0 saturated carbocycles. The molecule has 0 bridgehead atoms. The molecule has 1 aromatic heterocycles. The molecule has 4 nitrogen and oxygen atoms in total. The normalized spacial score (nSPS) is 12.3. The average molecular weight is 426 g/mol. The van der Waals surface area contributed by atoms with Crippen molar-refractivity contribution < 1.29 is 4.79 Å². The Bertz CT molecular complexity index is 1220. The molecule has 32 heavy (non-hydrogen) atoms. The number of carbonyl (C=O) groups excluding carboxylic acids is 1. The van der Waals surface area contributed by atoms with Crippen molar-refractivity contribution in [2.24, 2.45) is 5.92 Å². The molecule has 1 amide bonds. The Labute approximate surface area is 190 Å². The summed E-state index contributed by atoms with van der Waals surface area (Å²) in [5, 5.41) is 3.06. The van der Waals surface area contributed by atoms with Crippen molar-refractivity contribution in [3.05, 3.63) is 95.3 Å². The van der Waals surface area contributed by atoms with Crippen LogP contribution in [0.2, 0.25) is 0 Å². The van der Waals surface area contributed by atoms with Gasteiger partial charge >= 0.3 is 0 Å². The van der Waals surface area contributed by atoms with Crippen LogP contribution in [0.1, 0.15) is 49.2 Å². The Hall–Kier alpha value is -3.40. The topological polar surface area (TPSA) is 46.9 Å². The summed E-state index contributed by atoms with van der Waals surface area (Å²) in [6.45, 7) is 8.86. The first-order chi connectivity index (χ1) is 15.4. The number of fused-ring (bicyclic) bond motifs is 1. The van der Waals surface area contributed by atoms with Crippen LogP contribution in [-0.4, -0.2) is 15.5 Å². The van der Waals surface area contributed by atoms with Crippen LogP contribution in [0.25, 0.3) is 11.0 Å². The quantitative estimate of drug-likeness (QED) is 0.376. The van der Waals surface area contributed by atoms with Gasteiger partial charge in [-0.15, -0.1) is 0 Å². The molecule has 164 valence electrons. The van der Waals surface area contributed by atoms with Gasteiger partial charge in [0.2, 0.25) is 5.91 Å². The molecule has 4 aromatic rings. The smallest absolute Gasteiger partial charge is 0.244 e. The molecule has 0 spiro atoms. The summed E-state index contributed by atoms with van der Waals surface area (Å²) in [4.78, 5) is 17.9. The summed E-state index contributed by atoms with van der Waals surface area (Å²) < 4.78 is 2.05. The third kappa shape index (κ3) is 4.75. The molecular weight excluding hydrogens is 394 g/mol. The predicted octanol–water partition coefficient (Wildman–Crippen LogP) is 6.33. The fourth-order valence-electron chi connectivity index (χ4n) is 4.20. The number of imidazole rings is 1. The Kier molecular flexibility index (Phi) is 6.40. The maximum Gasteiger partial charge on any atom is 0.244 e. The van der Waals surface area contributed by atoms with Gasteiger partial charge in [0.05, 0.1) is 11.0 Å². The minimum Gasteiger partial charge on any atom is -0.324 e. The predicted molar refractivity (Wildman–Crippen MR) is 132 cm³/mol. The van der Waals surface area contributed by atoms with Crippen molar-refractivity contribution in [1.82, 2.24) is 9.55 Å². The summed E-state index contributed by atoms with van der Waals surface area (Å²) in [5.41, 5.74) is 6.33. The lowest BCUT2D eigenvalue weighted by molar-refractivity contribution is -0.116. The van der Waals surface area contributed by atoms with Crippen molar-refractivity contribution in [3.8, 4) is 0 Å². The molecule has 0 saturated heterocycles. The SMILES string of the molecule is Cc1ccccc1NC(=O)Cn1c(C(C)c2ccc(CC(C)C)cc2)nc2ccccc21. The number of nitrogens with zero attached hydrogens (tertiary/aromatic N) is 2. The third-order valence-electron chi connectivity index (χ3n) is 5.92. The Morgan fingerprint density at radius 3 is 2.34 bits per heavy atom. The molecule has 4 heteroatoms. The number of nitrogens with one attached hydrogen (secondary N) is 1. The fourth-order valence-corrected chi connectivity index (χ4v) is 4.20. The summed E-state index contributed by atoms with van der Waals surface area (Å²) in [5.74, 6) is 1.56. The molecule has 1 atom stereocenters. The number of aryl methyl sites for hydroxylation is 1. The first-order valence-corrected chi connectivity index (χ1v) is 11.3. The van der Waals surface area contributed by atoms with Gasteiger partial charge in [0.25, 0.3) is 0 Å². The second kappa shape index (κ2) is 9.39. The molecule has 1 heterocycles. The number of aromatic nitrogens is 2. The molecule has 0 aliphatic heterocycles. The number of carbonyl (C=O) groups is 1. The van der Waals surface area contributed by atoms with Crippen LogP contribution in [0, 0.1) is 12.8 Å². The van der Waals surface area contributed by atoms with Crippen LogP contribution < -0.4 is 5.32 Å². The lowest BCUT2D eigenvalue weighted by Gasteiger charge is -2.16. The largest absolute Gasteiger partial charge is 0.324 e. The Morgan fingerprint density at radius 2 is 1.62 bits per heavy atom. The lowest BCUT2D eigenvalue weighted by atomic mass is 9.96. The minimum atomic E-state index is -0.0526. The van der Waals surface area contributed by atoms with E-state index in [2.05, 4.69) is 54.9 Å². The van der Waals surface area contributed by atoms with E-state index in [4.69, 9.17) is 4.98 Å². The Morgan fingerprint density at radius 1 is 0.938 bits per heavy atom. The second-order valence-electron chi connectivity index (χ2n) is 8.97. The molecule has 0 radical (unpaired) electrons. The lowest BCUT2D eigenvalue weighted by Crippen LogP contribution is -2.21. The number of hydrogen-bond donors (Lipinski definition) is 1. The van der Waals surface area contributed by atoms with Gasteiger partial charge in [-0.2, -0.15) is 0 Å². The van der Waals surface area contributed by atoms with Crippen molar-refractivity contribution in [3.63, 3.8) is 0 Å². The van der Waals surface area contributed by atoms with Crippen LogP contribution in [0.15, 0.2) is 72.8 Å². The number of para-hydroxylation sites is 3. The molecule has 3 aromatic carbocycles. The molecular formula is C28H31N3O. The first-order valence-electron chi connectivity index (χ1n) is 11.3. The van der Waals surface area contributed by atoms with Crippen molar-refractivity contribution in [1.29, 1.82) is 0 Å². The highest BCUT2D eigenvalue weighted by Crippen LogP contribution is 2.28. The van der Waals surface area contributed by atoms with Crippen LogP contribution in [0.4, 0.5) is 5.69 Å². The molecule has 0 fully saturated rings.